The van der Waals surface area contributed by atoms with Gasteiger partial charge in [0.05, 0.1) is 0 Å². The van der Waals surface area contributed by atoms with Crippen molar-refractivity contribution >= 4 is 21.7 Å². The van der Waals surface area contributed by atoms with Crippen molar-refractivity contribution in [3.8, 4) is 5.75 Å². The molecular weight excluding hydrogens is 292 g/mol. The summed E-state index contributed by atoms with van der Waals surface area (Å²) in [6, 6.07) is 16.7. The maximum atomic E-state index is 12.1. The summed E-state index contributed by atoms with van der Waals surface area (Å²) in [6.45, 7) is 1.95. The Morgan fingerprint density at radius 2 is 1.67 bits per heavy atom. The van der Waals surface area contributed by atoms with E-state index in [9.17, 15) is 4.79 Å². The normalized spacial score (nSPS) is 11.9. The molecule has 2 aromatic carbocycles. The highest BCUT2D eigenvalue weighted by atomic mass is 79.9. The summed E-state index contributed by atoms with van der Waals surface area (Å²) < 4.78 is 5.63. The molecule has 2 rings (SSSR count). The van der Waals surface area contributed by atoms with Crippen molar-refractivity contribution < 1.29 is 9.53 Å². The molecule has 0 saturated carbocycles. The summed E-state index contributed by atoms with van der Waals surface area (Å²) in [5, 5.41) is -0.666. The van der Waals surface area contributed by atoms with Crippen LogP contribution >= 0.6 is 15.9 Å². The van der Waals surface area contributed by atoms with Gasteiger partial charge in [0.15, 0.2) is 0 Å². The standard InChI is InChI=1S/C15H13BrO2/c1-11-7-5-6-10-13(11)18-15(16)14(17)12-8-3-2-4-9-12/h2-10,15H,1H3. The lowest BCUT2D eigenvalue weighted by molar-refractivity contribution is 0.0897. The number of ether oxygens (including phenoxy) is 1. The van der Waals surface area contributed by atoms with Gasteiger partial charge in [0, 0.05) is 5.56 Å². The van der Waals surface area contributed by atoms with E-state index >= 15 is 0 Å². The molecule has 2 nitrogen and oxygen atoms in total. The van der Waals surface area contributed by atoms with Crippen LogP contribution in [0.25, 0.3) is 0 Å². The fraction of sp³-hybridized carbons (Fsp3) is 0.133. The second-order valence-electron chi connectivity index (χ2n) is 3.93. The third-order valence-corrected chi connectivity index (χ3v) is 3.19. The number of Topliss-reactive ketones (excluding diaryl/α,β-unsaturated/α-hetero) is 1. The number of alkyl halides is 1. The van der Waals surface area contributed by atoms with Crippen LogP contribution in [0, 0.1) is 6.92 Å². The van der Waals surface area contributed by atoms with Crippen LogP contribution in [0.5, 0.6) is 5.75 Å². The van der Waals surface area contributed by atoms with Gasteiger partial charge in [-0.1, -0.05) is 48.5 Å². The topological polar surface area (TPSA) is 26.3 Å². The predicted octanol–water partition coefficient (Wildman–Crippen LogP) is 3.98. The second-order valence-corrected chi connectivity index (χ2v) is 4.76. The zero-order chi connectivity index (χ0) is 13.0. The van der Waals surface area contributed by atoms with E-state index in [0.717, 1.165) is 5.56 Å². The van der Waals surface area contributed by atoms with E-state index < -0.39 is 5.01 Å². The van der Waals surface area contributed by atoms with Gasteiger partial charge in [-0.25, -0.2) is 0 Å². The number of carbonyl (C=O) groups is 1. The molecule has 0 spiro atoms. The minimum absolute atomic E-state index is 0.0844. The highest BCUT2D eigenvalue weighted by Gasteiger charge is 2.18. The van der Waals surface area contributed by atoms with Crippen molar-refractivity contribution in [2.45, 2.75) is 11.9 Å². The molecule has 0 aliphatic heterocycles. The number of halogens is 1. The number of hydrogen-bond donors (Lipinski definition) is 0. The molecule has 3 heteroatoms. The van der Waals surface area contributed by atoms with E-state index in [4.69, 9.17) is 4.74 Å². The number of rotatable bonds is 4. The number of carbonyl (C=O) groups excluding carboxylic acids is 1. The number of benzene rings is 2. The molecule has 18 heavy (non-hydrogen) atoms. The highest BCUT2D eigenvalue weighted by molar-refractivity contribution is 9.09. The van der Waals surface area contributed by atoms with Crippen molar-refractivity contribution in [3.05, 3.63) is 65.7 Å². The van der Waals surface area contributed by atoms with Crippen LogP contribution in [0.4, 0.5) is 0 Å². The Hall–Kier alpha value is -1.61. The van der Waals surface area contributed by atoms with Gasteiger partial charge in [-0.05, 0) is 34.5 Å². The maximum Gasteiger partial charge on any atom is 0.215 e. The molecule has 0 amide bonds. The van der Waals surface area contributed by atoms with E-state index in [0.29, 0.717) is 11.3 Å². The minimum atomic E-state index is -0.666. The molecule has 0 N–H and O–H groups in total. The Morgan fingerprint density at radius 1 is 1.06 bits per heavy atom. The van der Waals surface area contributed by atoms with E-state index in [1.54, 1.807) is 12.1 Å². The monoisotopic (exact) mass is 304 g/mol. The first kappa shape index (κ1) is 12.8. The van der Waals surface area contributed by atoms with Gasteiger partial charge in [-0.2, -0.15) is 0 Å². The lowest BCUT2D eigenvalue weighted by atomic mass is 10.1. The van der Waals surface area contributed by atoms with Crippen molar-refractivity contribution in [3.63, 3.8) is 0 Å². The second kappa shape index (κ2) is 5.83. The van der Waals surface area contributed by atoms with E-state index in [1.807, 2.05) is 49.4 Å². The van der Waals surface area contributed by atoms with E-state index in [2.05, 4.69) is 15.9 Å². The Bertz CT molecular complexity index is 537. The molecule has 92 valence electrons. The SMILES string of the molecule is Cc1ccccc1OC(Br)C(=O)c1ccccc1. The lowest BCUT2D eigenvalue weighted by Gasteiger charge is -2.13. The maximum absolute atomic E-state index is 12.1. The summed E-state index contributed by atoms with van der Waals surface area (Å²) in [4.78, 5) is 12.1. The zero-order valence-corrected chi connectivity index (χ0v) is 11.6. The Balaban J connectivity index is 2.11. The van der Waals surface area contributed by atoms with Gasteiger partial charge in [-0.15, -0.1) is 0 Å². The van der Waals surface area contributed by atoms with Crippen LogP contribution in [-0.2, 0) is 0 Å². The molecule has 0 fully saturated rings. The van der Waals surface area contributed by atoms with E-state index in [-0.39, 0.29) is 5.78 Å². The highest BCUT2D eigenvalue weighted by Crippen LogP contribution is 2.21. The molecular formula is C15H13BrO2. The first-order valence-electron chi connectivity index (χ1n) is 5.64. The zero-order valence-electron chi connectivity index (χ0n) is 9.97. The summed E-state index contributed by atoms with van der Waals surface area (Å²) in [6.07, 6.45) is 0. The largest absolute Gasteiger partial charge is 0.471 e. The van der Waals surface area contributed by atoms with Gasteiger partial charge < -0.3 is 4.74 Å². The van der Waals surface area contributed by atoms with Gasteiger partial charge in [-0.3, -0.25) is 4.79 Å². The average molecular weight is 305 g/mol. The molecule has 0 radical (unpaired) electrons. The molecule has 0 aromatic heterocycles. The minimum Gasteiger partial charge on any atom is -0.471 e. The van der Waals surface area contributed by atoms with Gasteiger partial charge in [0.2, 0.25) is 10.8 Å². The van der Waals surface area contributed by atoms with Gasteiger partial charge in [0.25, 0.3) is 0 Å². The molecule has 1 atom stereocenters. The molecule has 0 aliphatic carbocycles. The smallest absolute Gasteiger partial charge is 0.215 e. The van der Waals surface area contributed by atoms with Crippen LogP contribution in [0.1, 0.15) is 15.9 Å². The summed E-state index contributed by atoms with van der Waals surface area (Å²) in [5.74, 6) is 0.627. The van der Waals surface area contributed by atoms with Crippen LogP contribution in [0.2, 0.25) is 0 Å². The first-order chi connectivity index (χ1) is 8.68. The first-order valence-corrected chi connectivity index (χ1v) is 6.55. The number of hydrogen-bond acceptors (Lipinski definition) is 2. The third-order valence-electron chi connectivity index (χ3n) is 2.59. The molecule has 0 bridgehead atoms. The Morgan fingerprint density at radius 3 is 2.33 bits per heavy atom. The molecule has 0 heterocycles. The molecule has 2 aromatic rings. The fourth-order valence-corrected chi connectivity index (χ4v) is 2.05. The van der Waals surface area contributed by atoms with Crippen molar-refractivity contribution in [1.82, 2.24) is 0 Å². The van der Waals surface area contributed by atoms with Crippen molar-refractivity contribution in [2.75, 3.05) is 0 Å². The van der Waals surface area contributed by atoms with Crippen molar-refractivity contribution in [1.29, 1.82) is 0 Å². The fourth-order valence-electron chi connectivity index (χ4n) is 1.59. The van der Waals surface area contributed by atoms with Gasteiger partial charge >= 0.3 is 0 Å². The predicted molar refractivity (Wildman–Crippen MR) is 75.3 cm³/mol. The average Bonchev–Trinajstić information content (AvgIpc) is 2.41. The number of para-hydroxylation sites is 1. The third kappa shape index (κ3) is 2.99. The summed E-state index contributed by atoms with van der Waals surface area (Å²) >= 11 is 3.28. The molecule has 0 aliphatic rings. The van der Waals surface area contributed by atoms with Crippen LogP contribution in [0.15, 0.2) is 54.6 Å². The number of ketones is 1. The summed E-state index contributed by atoms with van der Waals surface area (Å²) in [5.41, 5.74) is 1.63. The number of aryl methyl sites for hydroxylation is 1. The summed E-state index contributed by atoms with van der Waals surface area (Å²) in [7, 11) is 0. The van der Waals surface area contributed by atoms with Gasteiger partial charge in [0.1, 0.15) is 5.75 Å². The van der Waals surface area contributed by atoms with Crippen LogP contribution in [-0.4, -0.2) is 10.8 Å². The van der Waals surface area contributed by atoms with E-state index in [1.165, 1.54) is 0 Å². The van der Waals surface area contributed by atoms with Crippen LogP contribution < -0.4 is 4.74 Å². The van der Waals surface area contributed by atoms with Crippen molar-refractivity contribution in [2.24, 2.45) is 0 Å². The Labute approximate surface area is 115 Å². The molecule has 1 unspecified atom stereocenters. The quantitative estimate of drug-likeness (QED) is 0.631. The molecule has 0 saturated heterocycles. The Kier molecular flexibility index (Phi) is 4.15. The van der Waals surface area contributed by atoms with Crippen LogP contribution in [0.3, 0.4) is 0 Å². The lowest BCUT2D eigenvalue weighted by Crippen LogP contribution is -2.21.